The molecular formula is C46H55N5O5. The highest BCUT2D eigenvalue weighted by Gasteiger charge is 2.50. The van der Waals surface area contributed by atoms with Gasteiger partial charge in [-0.25, -0.2) is 4.79 Å². The van der Waals surface area contributed by atoms with Crippen molar-refractivity contribution in [1.29, 1.82) is 0 Å². The molecule has 1 spiro atoms. The van der Waals surface area contributed by atoms with E-state index in [1.54, 1.807) is 0 Å². The summed E-state index contributed by atoms with van der Waals surface area (Å²) in [6, 6.07) is 30.8. The molecule has 0 bridgehead atoms. The molecule has 10 heteroatoms. The zero-order chi connectivity index (χ0) is 38.9. The van der Waals surface area contributed by atoms with E-state index in [-0.39, 0.29) is 23.7 Å². The van der Waals surface area contributed by atoms with Crippen LogP contribution in [-0.4, -0.2) is 69.7 Å². The molecule has 1 amide bonds. The van der Waals surface area contributed by atoms with Crippen LogP contribution in [0.1, 0.15) is 70.9 Å². The van der Waals surface area contributed by atoms with Gasteiger partial charge in [0.2, 0.25) is 11.8 Å². The lowest BCUT2D eigenvalue weighted by atomic mass is 9.64. The molecule has 2 aromatic heterocycles. The fraction of sp³-hybridized carbons (Fsp3) is 0.457. The van der Waals surface area contributed by atoms with Gasteiger partial charge in [0, 0.05) is 55.8 Å². The number of aryl methyl sites for hydroxylation is 1. The highest BCUT2D eigenvalue weighted by molar-refractivity contribution is 5.96. The summed E-state index contributed by atoms with van der Waals surface area (Å²) in [5.74, 6) is 1.47. The number of fused-ring (bicyclic) bond motifs is 1. The van der Waals surface area contributed by atoms with Crippen LogP contribution in [-0.2, 0) is 29.7 Å². The molecule has 5 aromatic rings. The van der Waals surface area contributed by atoms with Crippen molar-refractivity contribution in [3.8, 4) is 23.0 Å². The van der Waals surface area contributed by atoms with Crippen molar-refractivity contribution in [3.63, 3.8) is 0 Å². The van der Waals surface area contributed by atoms with E-state index >= 15 is 0 Å². The van der Waals surface area contributed by atoms with Gasteiger partial charge in [0.15, 0.2) is 0 Å². The average Bonchev–Trinajstić information content (AvgIpc) is 3.51. The summed E-state index contributed by atoms with van der Waals surface area (Å²) in [7, 11) is 2.00. The number of pyridine rings is 1. The Morgan fingerprint density at radius 2 is 1.54 bits per heavy atom. The molecule has 294 valence electrons. The smallest absolute Gasteiger partial charge is 0.410 e. The van der Waals surface area contributed by atoms with E-state index in [0.29, 0.717) is 30.9 Å². The number of anilines is 1. The largest absolute Gasteiger partial charge is 0.473 e. The number of hydrogen-bond acceptors (Lipinski definition) is 8. The van der Waals surface area contributed by atoms with Gasteiger partial charge in [0.05, 0.1) is 23.3 Å². The first-order valence-corrected chi connectivity index (χ1v) is 20.2. The summed E-state index contributed by atoms with van der Waals surface area (Å²) in [6.45, 7) is 12.4. The molecule has 0 N–H and O–H groups in total. The number of aromatic nitrogens is 3. The number of hydrogen-bond donors (Lipinski definition) is 0. The first-order valence-electron chi connectivity index (χ1n) is 20.2. The minimum atomic E-state index is -0.461. The second-order valence-electron chi connectivity index (χ2n) is 17.1. The lowest BCUT2D eigenvalue weighted by Crippen LogP contribution is -2.61. The molecule has 2 saturated heterocycles. The van der Waals surface area contributed by atoms with E-state index in [1.165, 1.54) is 5.69 Å². The van der Waals surface area contributed by atoms with Crippen molar-refractivity contribution >= 4 is 22.7 Å². The minimum absolute atomic E-state index is 0.185. The standard InChI is InChI=1S/C46H55N5O5/c1-32-27-46(30-51(31-46)44(52)56-45(2,3)4)23-20-40(32)55-36-21-24-50(25-22-36)35-16-17-37-39(26-35)49(5)48-42(37)38-18-19-41(53-28-33-12-8-6-9-13-33)47-43(38)54-29-34-14-10-7-11-15-34/h6-19,26,32,36,40H,20-25,27-31H2,1-5H3/t32-,40+/m1/s1. The predicted octanol–water partition coefficient (Wildman–Crippen LogP) is 9.20. The van der Waals surface area contributed by atoms with Gasteiger partial charge in [-0.05, 0) is 94.2 Å². The number of nitrogens with zero attached hydrogens (tertiary/aromatic N) is 5. The number of piperidine rings is 1. The van der Waals surface area contributed by atoms with E-state index in [2.05, 4.69) is 30.0 Å². The fourth-order valence-corrected chi connectivity index (χ4v) is 8.75. The molecule has 1 aliphatic carbocycles. The van der Waals surface area contributed by atoms with E-state index < -0.39 is 5.60 Å². The molecule has 0 unspecified atom stereocenters. The first-order chi connectivity index (χ1) is 27.0. The zero-order valence-electron chi connectivity index (χ0n) is 33.4. The maximum atomic E-state index is 12.5. The topological polar surface area (TPSA) is 91.2 Å². The number of carbonyl (C=O) groups excluding carboxylic acids is 1. The molecule has 2 atom stereocenters. The average molecular weight is 758 g/mol. The molecule has 56 heavy (non-hydrogen) atoms. The number of amides is 1. The molecule has 3 aromatic carbocycles. The Bertz CT molecular complexity index is 2120. The summed E-state index contributed by atoms with van der Waals surface area (Å²) < 4.78 is 26.8. The van der Waals surface area contributed by atoms with E-state index in [1.807, 2.05) is 110 Å². The van der Waals surface area contributed by atoms with Crippen molar-refractivity contribution in [2.45, 2.75) is 90.8 Å². The number of carbonyl (C=O) groups is 1. The SMILES string of the molecule is C[C@@H]1CC2(CC[C@@H]1OC1CCN(c3ccc4c(-c5ccc(OCc6ccccc6)nc5OCc5ccccc5)nn(C)c4c3)CC1)CN(C(=O)OC(C)(C)C)C2. The van der Waals surface area contributed by atoms with Crippen LogP contribution in [0.25, 0.3) is 22.2 Å². The summed E-state index contributed by atoms with van der Waals surface area (Å²) in [6.07, 6.45) is 5.62. The van der Waals surface area contributed by atoms with E-state index in [0.717, 1.165) is 91.6 Å². The third kappa shape index (κ3) is 8.50. The van der Waals surface area contributed by atoms with Crippen LogP contribution in [0.15, 0.2) is 91.0 Å². The van der Waals surface area contributed by atoms with Gasteiger partial charge in [0.1, 0.15) is 24.5 Å². The third-order valence-corrected chi connectivity index (χ3v) is 11.6. The molecule has 0 radical (unpaired) electrons. The Labute approximate surface area is 330 Å². The van der Waals surface area contributed by atoms with Crippen LogP contribution in [0.2, 0.25) is 0 Å². The van der Waals surface area contributed by atoms with Gasteiger partial charge in [-0.15, -0.1) is 0 Å². The Morgan fingerprint density at radius 3 is 2.20 bits per heavy atom. The molecule has 8 rings (SSSR count). The molecular weight excluding hydrogens is 703 g/mol. The number of rotatable bonds is 10. The Kier molecular flexibility index (Phi) is 10.7. The molecule has 4 heterocycles. The van der Waals surface area contributed by atoms with Crippen LogP contribution in [0.4, 0.5) is 10.5 Å². The molecule has 10 nitrogen and oxygen atoms in total. The normalized spacial score (nSPS) is 19.9. The van der Waals surface area contributed by atoms with Gasteiger partial charge in [-0.1, -0.05) is 67.6 Å². The highest BCUT2D eigenvalue weighted by atomic mass is 16.6. The van der Waals surface area contributed by atoms with Crippen molar-refractivity contribution in [1.82, 2.24) is 19.7 Å². The summed E-state index contributed by atoms with van der Waals surface area (Å²) >= 11 is 0. The first kappa shape index (κ1) is 37.8. The Morgan fingerprint density at radius 1 is 0.857 bits per heavy atom. The third-order valence-electron chi connectivity index (χ3n) is 11.6. The number of benzene rings is 3. The minimum Gasteiger partial charge on any atom is -0.473 e. The van der Waals surface area contributed by atoms with Crippen LogP contribution in [0.5, 0.6) is 11.8 Å². The van der Waals surface area contributed by atoms with Gasteiger partial charge >= 0.3 is 6.09 Å². The van der Waals surface area contributed by atoms with E-state index in [4.69, 9.17) is 29.0 Å². The second-order valence-corrected chi connectivity index (χ2v) is 17.1. The molecule has 3 aliphatic rings. The van der Waals surface area contributed by atoms with Crippen LogP contribution < -0.4 is 14.4 Å². The predicted molar refractivity (Wildman–Crippen MR) is 219 cm³/mol. The maximum absolute atomic E-state index is 12.5. The maximum Gasteiger partial charge on any atom is 0.410 e. The lowest BCUT2D eigenvalue weighted by Gasteiger charge is -2.55. The second kappa shape index (κ2) is 15.8. The fourth-order valence-electron chi connectivity index (χ4n) is 8.75. The van der Waals surface area contributed by atoms with Crippen LogP contribution in [0.3, 0.4) is 0 Å². The van der Waals surface area contributed by atoms with Crippen molar-refractivity contribution in [3.05, 3.63) is 102 Å². The van der Waals surface area contributed by atoms with Gasteiger partial charge in [0.25, 0.3) is 0 Å². The van der Waals surface area contributed by atoms with Crippen molar-refractivity contribution in [2.75, 3.05) is 31.1 Å². The molecule has 3 fully saturated rings. The zero-order valence-corrected chi connectivity index (χ0v) is 33.4. The van der Waals surface area contributed by atoms with Gasteiger partial charge in [-0.2, -0.15) is 10.1 Å². The number of ether oxygens (including phenoxy) is 4. The molecule has 1 saturated carbocycles. The van der Waals surface area contributed by atoms with Crippen LogP contribution >= 0.6 is 0 Å². The van der Waals surface area contributed by atoms with Gasteiger partial charge in [-0.3, -0.25) is 4.68 Å². The number of likely N-dealkylation sites (tertiary alicyclic amines) is 1. The van der Waals surface area contributed by atoms with E-state index in [9.17, 15) is 4.79 Å². The summed E-state index contributed by atoms with van der Waals surface area (Å²) in [4.78, 5) is 21.7. The highest BCUT2D eigenvalue weighted by Crippen LogP contribution is 2.47. The van der Waals surface area contributed by atoms with Crippen molar-refractivity contribution < 1.29 is 23.7 Å². The lowest BCUT2D eigenvalue weighted by molar-refractivity contribution is -0.118. The van der Waals surface area contributed by atoms with Gasteiger partial charge < -0.3 is 28.7 Å². The summed E-state index contributed by atoms with van der Waals surface area (Å²) in [5, 5.41) is 6.05. The quantitative estimate of drug-likeness (QED) is 0.139. The Hall–Kier alpha value is -5.09. The van der Waals surface area contributed by atoms with Crippen molar-refractivity contribution in [2.24, 2.45) is 18.4 Å². The van der Waals surface area contributed by atoms with Crippen LogP contribution in [0, 0.1) is 11.3 Å². The molecule has 2 aliphatic heterocycles. The summed E-state index contributed by atoms with van der Waals surface area (Å²) in [5.41, 5.74) is 5.80. The Balaban J connectivity index is 0.904. The monoisotopic (exact) mass is 757 g/mol.